The maximum atomic E-state index is 12.4. The first-order valence-corrected chi connectivity index (χ1v) is 8.06. The molecule has 0 unspecified atom stereocenters. The van der Waals surface area contributed by atoms with Crippen molar-refractivity contribution >= 4 is 22.2 Å². The number of carbonyl (C=O) groups excluding carboxylic acids is 1. The summed E-state index contributed by atoms with van der Waals surface area (Å²) in [5, 5.41) is 14.3. The molecule has 3 rings (SSSR count). The lowest BCUT2D eigenvalue weighted by Crippen LogP contribution is -2.14. The van der Waals surface area contributed by atoms with Crippen LogP contribution in [0.25, 0.3) is 0 Å². The van der Waals surface area contributed by atoms with Crippen molar-refractivity contribution in [2.24, 2.45) is 5.92 Å². The van der Waals surface area contributed by atoms with Crippen molar-refractivity contribution < 1.29 is 14.3 Å². The molecule has 1 saturated carbocycles. The van der Waals surface area contributed by atoms with E-state index in [1.165, 1.54) is 11.3 Å². The molecular weight excluding hydrogens is 312 g/mol. The Balaban J connectivity index is 1.74. The van der Waals surface area contributed by atoms with Crippen LogP contribution in [0.1, 0.15) is 23.5 Å². The number of rotatable bonds is 5. The normalized spacial score (nSPS) is 18.8. The predicted octanol–water partition coefficient (Wildman–Crippen LogP) is 3.38. The van der Waals surface area contributed by atoms with Gasteiger partial charge in [0.15, 0.2) is 0 Å². The van der Waals surface area contributed by atoms with Gasteiger partial charge in [-0.05, 0) is 36.1 Å². The topological polar surface area (TPSA) is 71.3 Å². The van der Waals surface area contributed by atoms with Gasteiger partial charge >= 0.3 is 0 Å². The average molecular weight is 328 g/mol. The molecule has 1 aromatic carbocycles. The zero-order valence-corrected chi connectivity index (χ0v) is 13.6. The summed E-state index contributed by atoms with van der Waals surface area (Å²) < 4.78 is 10.6. The average Bonchev–Trinajstić information content (AvgIpc) is 3.27. The van der Waals surface area contributed by atoms with E-state index < -0.39 is 0 Å². The van der Waals surface area contributed by atoms with E-state index >= 15 is 0 Å². The van der Waals surface area contributed by atoms with Crippen LogP contribution in [0.4, 0.5) is 5.00 Å². The first-order valence-electron chi connectivity index (χ1n) is 7.18. The highest BCUT2D eigenvalue weighted by Gasteiger charge is 2.45. The molecule has 1 aromatic heterocycles. The number of hydrogen-bond acceptors (Lipinski definition) is 5. The van der Waals surface area contributed by atoms with Gasteiger partial charge in [0.1, 0.15) is 22.6 Å². The predicted molar refractivity (Wildman–Crippen MR) is 88.1 cm³/mol. The van der Waals surface area contributed by atoms with Gasteiger partial charge < -0.3 is 14.8 Å². The van der Waals surface area contributed by atoms with E-state index in [1.54, 1.807) is 25.7 Å². The van der Waals surface area contributed by atoms with Crippen molar-refractivity contribution in [3.05, 3.63) is 40.8 Å². The Morgan fingerprint density at radius 1 is 1.35 bits per heavy atom. The second-order valence-electron chi connectivity index (χ2n) is 5.32. The van der Waals surface area contributed by atoms with Crippen LogP contribution in [0, 0.1) is 17.2 Å². The Kier molecular flexibility index (Phi) is 4.22. The Bertz CT molecular complexity index is 778. The lowest BCUT2D eigenvalue weighted by molar-refractivity contribution is -0.117. The van der Waals surface area contributed by atoms with Crippen LogP contribution in [0.5, 0.6) is 11.5 Å². The highest BCUT2D eigenvalue weighted by Crippen LogP contribution is 2.51. The number of thiophene rings is 1. The molecule has 5 nitrogen and oxygen atoms in total. The molecule has 0 saturated heterocycles. The summed E-state index contributed by atoms with van der Waals surface area (Å²) in [5.74, 6) is 1.46. The van der Waals surface area contributed by atoms with E-state index in [9.17, 15) is 4.79 Å². The van der Waals surface area contributed by atoms with E-state index in [2.05, 4.69) is 11.4 Å². The van der Waals surface area contributed by atoms with Crippen LogP contribution >= 0.6 is 11.3 Å². The Morgan fingerprint density at radius 3 is 2.87 bits per heavy atom. The summed E-state index contributed by atoms with van der Waals surface area (Å²) >= 11 is 1.36. The number of ether oxygens (including phenoxy) is 2. The summed E-state index contributed by atoms with van der Waals surface area (Å²) in [6, 6.07) is 9.39. The highest BCUT2D eigenvalue weighted by atomic mass is 32.1. The monoisotopic (exact) mass is 328 g/mol. The third-order valence-corrected chi connectivity index (χ3v) is 4.82. The first kappa shape index (κ1) is 15.4. The number of nitriles is 1. The molecule has 23 heavy (non-hydrogen) atoms. The van der Waals surface area contributed by atoms with Crippen molar-refractivity contribution in [3.63, 3.8) is 0 Å². The zero-order chi connectivity index (χ0) is 16.4. The number of carbonyl (C=O) groups is 1. The minimum Gasteiger partial charge on any atom is -0.497 e. The van der Waals surface area contributed by atoms with Crippen molar-refractivity contribution in [2.45, 2.75) is 12.3 Å². The molecule has 6 heteroatoms. The summed E-state index contributed by atoms with van der Waals surface area (Å²) in [5.41, 5.74) is 1.48. The van der Waals surface area contributed by atoms with E-state index in [0.717, 1.165) is 23.5 Å². The quantitative estimate of drug-likeness (QED) is 0.913. The number of hydrogen-bond donors (Lipinski definition) is 1. The van der Waals surface area contributed by atoms with Crippen LogP contribution in [0.15, 0.2) is 29.6 Å². The largest absolute Gasteiger partial charge is 0.497 e. The lowest BCUT2D eigenvalue weighted by Gasteiger charge is -2.10. The lowest BCUT2D eigenvalue weighted by atomic mass is 10.1. The minimum absolute atomic E-state index is 0.0566. The zero-order valence-electron chi connectivity index (χ0n) is 12.8. The Hall–Kier alpha value is -2.52. The molecule has 1 aliphatic rings. The molecule has 1 N–H and O–H groups in total. The summed E-state index contributed by atoms with van der Waals surface area (Å²) in [6.07, 6.45) is 0.766. The van der Waals surface area contributed by atoms with Crippen LogP contribution in [0.2, 0.25) is 0 Å². The van der Waals surface area contributed by atoms with Gasteiger partial charge in [-0.3, -0.25) is 4.79 Å². The Labute approximate surface area is 138 Å². The van der Waals surface area contributed by atoms with E-state index in [0.29, 0.717) is 10.6 Å². The number of anilines is 1. The molecule has 2 aromatic rings. The Morgan fingerprint density at radius 2 is 2.17 bits per heavy atom. The molecule has 1 aliphatic carbocycles. The molecule has 0 radical (unpaired) electrons. The van der Waals surface area contributed by atoms with Crippen molar-refractivity contribution in [1.29, 1.82) is 5.26 Å². The third kappa shape index (κ3) is 3.01. The molecule has 118 valence electrons. The first-order chi connectivity index (χ1) is 11.2. The van der Waals surface area contributed by atoms with Gasteiger partial charge in [0.05, 0.1) is 19.8 Å². The molecule has 0 aliphatic heterocycles. The van der Waals surface area contributed by atoms with Crippen molar-refractivity contribution in [2.75, 3.05) is 19.5 Å². The molecule has 1 fully saturated rings. The molecule has 2 atom stereocenters. The van der Waals surface area contributed by atoms with Crippen LogP contribution in [-0.2, 0) is 4.79 Å². The summed E-state index contributed by atoms with van der Waals surface area (Å²) in [7, 11) is 3.23. The van der Waals surface area contributed by atoms with Crippen LogP contribution < -0.4 is 14.8 Å². The molecule has 0 bridgehead atoms. The fourth-order valence-corrected chi connectivity index (χ4v) is 3.40. The van der Waals surface area contributed by atoms with Crippen molar-refractivity contribution in [1.82, 2.24) is 0 Å². The number of nitrogens with one attached hydrogen (secondary N) is 1. The van der Waals surface area contributed by atoms with Gasteiger partial charge in [0.2, 0.25) is 5.91 Å². The fraction of sp³-hybridized carbons (Fsp3) is 0.294. The van der Waals surface area contributed by atoms with Gasteiger partial charge in [-0.15, -0.1) is 11.3 Å². The fourth-order valence-electron chi connectivity index (χ4n) is 2.66. The number of nitrogens with zero attached hydrogens (tertiary/aromatic N) is 1. The summed E-state index contributed by atoms with van der Waals surface area (Å²) in [4.78, 5) is 12.4. The molecule has 1 heterocycles. The van der Waals surface area contributed by atoms with E-state index in [4.69, 9.17) is 14.7 Å². The molecule has 1 amide bonds. The maximum absolute atomic E-state index is 12.4. The van der Waals surface area contributed by atoms with E-state index in [-0.39, 0.29) is 17.7 Å². The van der Waals surface area contributed by atoms with Gasteiger partial charge in [0, 0.05) is 17.4 Å². The number of benzene rings is 1. The molecular formula is C17H16N2O3S. The van der Waals surface area contributed by atoms with Gasteiger partial charge in [-0.25, -0.2) is 0 Å². The smallest absolute Gasteiger partial charge is 0.228 e. The van der Waals surface area contributed by atoms with Gasteiger partial charge in [-0.2, -0.15) is 5.26 Å². The van der Waals surface area contributed by atoms with Crippen LogP contribution in [0.3, 0.4) is 0 Å². The van der Waals surface area contributed by atoms with Crippen molar-refractivity contribution in [3.8, 4) is 17.6 Å². The SMILES string of the molecule is COc1ccc(OC)c([C@@H]2C[C@@H]2C(=O)Nc2sccc2C#N)c1. The van der Waals surface area contributed by atoms with Gasteiger partial charge in [0.25, 0.3) is 0 Å². The highest BCUT2D eigenvalue weighted by molar-refractivity contribution is 7.14. The number of methoxy groups -OCH3 is 2. The van der Waals surface area contributed by atoms with Gasteiger partial charge in [-0.1, -0.05) is 0 Å². The number of amides is 1. The van der Waals surface area contributed by atoms with Crippen LogP contribution in [-0.4, -0.2) is 20.1 Å². The second kappa shape index (κ2) is 6.31. The summed E-state index contributed by atoms with van der Waals surface area (Å²) in [6.45, 7) is 0. The standard InChI is InChI=1S/C17H16N2O3S/c1-21-11-3-4-15(22-2)13(7-11)12-8-14(12)16(20)19-17-10(9-18)5-6-23-17/h3-7,12,14H,8H2,1-2H3,(H,19,20)/t12-,14-/m0/s1. The minimum atomic E-state index is -0.107. The van der Waals surface area contributed by atoms with E-state index in [1.807, 2.05) is 18.2 Å². The second-order valence-corrected chi connectivity index (χ2v) is 6.24. The maximum Gasteiger partial charge on any atom is 0.228 e. The molecule has 0 spiro atoms. The third-order valence-electron chi connectivity index (χ3n) is 3.99.